The first-order valence-corrected chi connectivity index (χ1v) is 6.37. The number of carboxylic acids is 1. The van der Waals surface area contributed by atoms with Crippen LogP contribution in [0.4, 0.5) is 11.4 Å². The number of nitrogen functional groups attached to an aromatic ring is 1. The van der Waals surface area contributed by atoms with Gasteiger partial charge in [-0.3, -0.25) is 0 Å². The van der Waals surface area contributed by atoms with E-state index in [0.717, 1.165) is 12.2 Å². The molecule has 4 nitrogen and oxygen atoms in total. The van der Waals surface area contributed by atoms with Gasteiger partial charge in [0.05, 0.1) is 5.56 Å². The predicted molar refractivity (Wildman–Crippen MR) is 81.1 cm³/mol. The van der Waals surface area contributed by atoms with Gasteiger partial charge in [-0.05, 0) is 30.7 Å². The summed E-state index contributed by atoms with van der Waals surface area (Å²) in [7, 11) is 1.96. The Morgan fingerprint density at radius 2 is 2.00 bits per heavy atom. The Morgan fingerprint density at radius 1 is 1.25 bits per heavy atom. The van der Waals surface area contributed by atoms with E-state index < -0.39 is 5.97 Å². The van der Waals surface area contributed by atoms with Crippen molar-refractivity contribution in [1.29, 1.82) is 0 Å². The molecule has 0 aliphatic rings. The van der Waals surface area contributed by atoms with Crippen molar-refractivity contribution < 1.29 is 9.90 Å². The third kappa shape index (κ3) is 3.09. The first-order chi connectivity index (χ1) is 9.47. The Balaban J connectivity index is 2.19. The van der Waals surface area contributed by atoms with Gasteiger partial charge in [0.1, 0.15) is 0 Å². The molecule has 4 heteroatoms. The molecule has 2 rings (SSSR count). The number of anilines is 2. The van der Waals surface area contributed by atoms with Gasteiger partial charge in [0.15, 0.2) is 0 Å². The summed E-state index contributed by atoms with van der Waals surface area (Å²) in [5.41, 5.74) is 9.51. The van der Waals surface area contributed by atoms with Gasteiger partial charge in [-0.1, -0.05) is 29.8 Å². The molecule has 0 aliphatic carbocycles. The normalized spacial score (nSPS) is 10.3. The van der Waals surface area contributed by atoms with Crippen molar-refractivity contribution in [3.8, 4) is 0 Å². The van der Waals surface area contributed by atoms with Crippen LogP contribution in [0.5, 0.6) is 0 Å². The largest absolute Gasteiger partial charge is 0.478 e. The quantitative estimate of drug-likeness (QED) is 0.838. The van der Waals surface area contributed by atoms with Crippen LogP contribution in [-0.2, 0) is 6.54 Å². The predicted octanol–water partition coefficient (Wildman–Crippen LogP) is 2.91. The molecule has 0 heterocycles. The van der Waals surface area contributed by atoms with Gasteiger partial charge < -0.3 is 15.7 Å². The van der Waals surface area contributed by atoms with Crippen molar-refractivity contribution in [3.05, 3.63) is 59.2 Å². The Labute approximate surface area is 118 Å². The van der Waals surface area contributed by atoms with Crippen molar-refractivity contribution >= 4 is 17.3 Å². The summed E-state index contributed by atoms with van der Waals surface area (Å²) in [6, 6.07) is 13.3. The smallest absolute Gasteiger partial charge is 0.337 e. The second-order valence-corrected chi connectivity index (χ2v) is 4.92. The van der Waals surface area contributed by atoms with Crippen LogP contribution >= 0.6 is 0 Å². The second-order valence-electron chi connectivity index (χ2n) is 4.92. The summed E-state index contributed by atoms with van der Waals surface area (Å²) in [6.45, 7) is 2.80. The first-order valence-electron chi connectivity index (χ1n) is 6.37. The van der Waals surface area contributed by atoms with E-state index in [1.165, 1.54) is 11.1 Å². The molecule has 0 radical (unpaired) electrons. The van der Waals surface area contributed by atoms with Gasteiger partial charge in [-0.25, -0.2) is 4.79 Å². The molecule has 104 valence electrons. The highest BCUT2D eigenvalue weighted by Gasteiger charge is 2.10. The van der Waals surface area contributed by atoms with Crippen molar-refractivity contribution in [2.75, 3.05) is 17.7 Å². The van der Waals surface area contributed by atoms with Crippen molar-refractivity contribution in [2.24, 2.45) is 0 Å². The maximum Gasteiger partial charge on any atom is 0.337 e. The Bertz CT molecular complexity index is 638. The number of nitrogens with zero attached hydrogens (tertiary/aromatic N) is 1. The number of benzene rings is 2. The van der Waals surface area contributed by atoms with E-state index in [0.29, 0.717) is 0 Å². The summed E-state index contributed by atoms with van der Waals surface area (Å²) in [5, 5.41) is 8.97. The molecular weight excluding hydrogens is 252 g/mol. The number of hydrogen-bond donors (Lipinski definition) is 2. The molecule has 20 heavy (non-hydrogen) atoms. The summed E-state index contributed by atoms with van der Waals surface area (Å²) in [6.07, 6.45) is 0. The Hall–Kier alpha value is -2.49. The average molecular weight is 270 g/mol. The molecule has 0 saturated carbocycles. The van der Waals surface area contributed by atoms with E-state index >= 15 is 0 Å². The fraction of sp³-hybridized carbons (Fsp3) is 0.188. The molecular formula is C16H18N2O2. The van der Waals surface area contributed by atoms with Crippen LogP contribution < -0.4 is 10.6 Å². The highest BCUT2D eigenvalue weighted by atomic mass is 16.4. The molecule has 3 N–H and O–H groups in total. The molecule has 0 saturated heterocycles. The highest BCUT2D eigenvalue weighted by Crippen LogP contribution is 2.22. The van der Waals surface area contributed by atoms with Crippen LogP contribution in [0.1, 0.15) is 21.5 Å². The molecule has 0 aromatic heterocycles. The van der Waals surface area contributed by atoms with Gasteiger partial charge in [0.2, 0.25) is 0 Å². The molecule has 0 fully saturated rings. The summed E-state index contributed by atoms with van der Waals surface area (Å²) in [4.78, 5) is 13.0. The van der Waals surface area contributed by atoms with Crippen LogP contribution in [0.25, 0.3) is 0 Å². The maximum absolute atomic E-state index is 10.9. The number of nitrogens with two attached hydrogens (primary N) is 1. The number of rotatable bonds is 4. The zero-order valence-corrected chi connectivity index (χ0v) is 11.6. The van der Waals surface area contributed by atoms with Crippen LogP contribution in [0, 0.1) is 6.92 Å². The number of carbonyl (C=O) groups is 1. The van der Waals surface area contributed by atoms with E-state index in [4.69, 9.17) is 10.8 Å². The average Bonchev–Trinajstić information content (AvgIpc) is 2.38. The minimum Gasteiger partial charge on any atom is -0.478 e. The summed E-state index contributed by atoms with van der Waals surface area (Å²) < 4.78 is 0. The van der Waals surface area contributed by atoms with E-state index in [-0.39, 0.29) is 11.3 Å². The molecule has 0 spiro atoms. The monoisotopic (exact) mass is 270 g/mol. The molecule has 0 aliphatic heterocycles. The lowest BCUT2D eigenvalue weighted by Gasteiger charge is -2.20. The number of aryl methyl sites for hydroxylation is 1. The van der Waals surface area contributed by atoms with Crippen molar-refractivity contribution in [3.63, 3.8) is 0 Å². The number of carboxylic acid groups (broad SMARTS) is 1. The minimum absolute atomic E-state index is 0.137. The lowest BCUT2D eigenvalue weighted by atomic mass is 10.1. The van der Waals surface area contributed by atoms with Crippen molar-refractivity contribution in [1.82, 2.24) is 0 Å². The van der Waals surface area contributed by atoms with Crippen LogP contribution in [0.3, 0.4) is 0 Å². The summed E-state index contributed by atoms with van der Waals surface area (Å²) in [5.74, 6) is -1.00. The maximum atomic E-state index is 10.9. The standard InChI is InChI=1S/C16H18N2O2/c1-11-4-3-5-12(8-11)10-18(2)13-6-7-14(16(19)20)15(17)9-13/h3-9H,10,17H2,1-2H3,(H,19,20). The van der Waals surface area contributed by atoms with Gasteiger partial charge in [-0.2, -0.15) is 0 Å². The SMILES string of the molecule is Cc1cccc(CN(C)c2ccc(C(=O)O)c(N)c2)c1. The number of aromatic carboxylic acids is 1. The molecule has 0 atom stereocenters. The third-order valence-corrected chi connectivity index (χ3v) is 3.21. The van der Waals surface area contributed by atoms with Crippen molar-refractivity contribution in [2.45, 2.75) is 13.5 Å². The fourth-order valence-electron chi connectivity index (χ4n) is 2.16. The second kappa shape index (κ2) is 5.65. The van der Waals surface area contributed by atoms with E-state index in [1.54, 1.807) is 18.2 Å². The zero-order chi connectivity index (χ0) is 14.7. The minimum atomic E-state index is -1.00. The summed E-state index contributed by atoms with van der Waals surface area (Å²) >= 11 is 0. The molecule has 2 aromatic carbocycles. The Morgan fingerprint density at radius 3 is 2.60 bits per heavy atom. The first kappa shape index (κ1) is 13.9. The van der Waals surface area contributed by atoms with Gasteiger partial charge >= 0.3 is 5.97 Å². The van der Waals surface area contributed by atoms with Crippen LogP contribution in [0.15, 0.2) is 42.5 Å². The lowest BCUT2D eigenvalue weighted by molar-refractivity contribution is 0.0698. The van der Waals surface area contributed by atoms with Gasteiger partial charge in [0.25, 0.3) is 0 Å². The Kier molecular flexibility index (Phi) is 3.94. The van der Waals surface area contributed by atoms with Crippen LogP contribution in [0.2, 0.25) is 0 Å². The van der Waals surface area contributed by atoms with E-state index in [2.05, 4.69) is 25.1 Å². The zero-order valence-electron chi connectivity index (χ0n) is 11.6. The highest BCUT2D eigenvalue weighted by molar-refractivity contribution is 5.94. The molecule has 0 bridgehead atoms. The molecule has 2 aromatic rings. The molecule has 0 amide bonds. The van der Waals surface area contributed by atoms with Gasteiger partial charge in [0, 0.05) is 25.0 Å². The fourth-order valence-corrected chi connectivity index (χ4v) is 2.16. The molecule has 0 unspecified atom stereocenters. The van der Waals surface area contributed by atoms with Crippen LogP contribution in [-0.4, -0.2) is 18.1 Å². The lowest BCUT2D eigenvalue weighted by Crippen LogP contribution is -2.17. The van der Waals surface area contributed by atoms with Gasteiger partial charge in [-0.15, -0.1) is 0 Å². The van der Waals surface area contributed by atoms with E-state index in [1.807, 2.05) is 18.0 Å². The van der Waals surface area contributed by atoms with E-state index in [9.17, 15) is 4.79 Å². The topological polar surface area (TPSA) is 66.6 Å². The number of hydrogen-bond acceptors (Lipinski definition) is 3. The third-order valence-electron chi connectivity index (χ3n) is 3.21.